The number of hydrogen-bond donors (Lipinski definition) is 5. The van der Waals surface area contributed by atoms with Crippen molar-refractivity contribution in [1.29, 1.82) is 0 Å². The van der Waals surface area contributed by atoms with Gasteiger partial charge in [0.1, 0.15) is 0 Å². The van der Waals surface area contributed by atoms with E-state index in [2.05, 4.69) is 25.7 Å². The summed E-state index contributed by atoms with van der Waals surface area (Å²) < 4.78 is 27.4. The number of amides is 2. The van der Waals surface area contributed by atoms with Gasteiger partial charge in [0, 0.05) is 35.8 Å². The van der Waals surface area contributed by atoms with E-state index >= 15 is 0 Å². The van der Waals surface area contributed by atoms with Gasteiger partial charge in [-0.15, -0.1) is 0 Å². The third-order valence-electron chi connectivity index (χ3n) is 8.17. The van der Waals surface area contributed by atoms with Crippen molar-refractivity contribution in [2.75, 3.05) is 17.0 Å². The van der Waals surface area contributed by atoms with Gasteiger partial charge in [-0.2, -0.15) is 0 Å². The van der Waals surface area contributed by atoms with E-state index in [9.17, 15) is 23.1 Å². The molecular weight excluding hydrogens is 639 g/mol. The number of rotatable bonds is 15. The highest BCUT2D eigenvalue weighted by Gasteiger charge is 2.24. The molecular formula is C38H41N5O5S. The quantitative estimate of drug-likeness (QED) is 0.105. The molecule has 1 heterocycles. The van der Waals surface area contributed by atoms with Gasteiger partial charge >= 0.3 is 0 Å². The summed E-state index contributed by atoms with van der Waals surface area (Å²) >= 11 is 0. The van der Waals surface area contributed by atoms with Crippen LogP contribution < -0.4 is 20.7 Å². The summed E-state index contributed by atoms with van der Waals surface area (Å²) in [6, 6.07) is 31.9. The minimum Gasteiger partial charge on any atom is -0.390 e. The van der Waals surface area contributed by atoms with Gasteiger partial charge in [-0.1, -0.05) is 78.9 Å². The predicted molar refractivity (Wildman–Crippen MR) is 193 cm³/mol. The number of pyridine rings is 1. The van der Waals surface area contributed by atoms with Crippen molar-refractivity contribution in [2.45, 2.75) is 45.0 Å². The lowest BCUT2D eigenvalue weighted by Crippen LogP contribution is -2.48. The maximum absolute atomic E-state index is 13.8. The van der Waals surface area contributed by atoms with E-state index in [-0.39, 0.29) is 35.2 Å². The SMILES string of the molecule is CCS(=O)(=O)Nc1cc(C(=O)N[C@@H](Cc2ccccc2)[C@H](O)CNCc2cnc3ccccc3c2)cc(C(=O)N[C@H](C)c2ccccc2)c1. The van der Waals surface area contributed by atoms with Gasteiger partial charge in [-0.3, -0.25) is 19.3 Å². The first-order valence-corrected chi connectivity index (χ1v) is 17.8. The number of benzene rings is 4. The Hall–Kier alpha value is -5.10. The predicted octanol–water partition coefficient (Wildman–Crippen LogP) is 4.98. The van der Waals surface area contributed by atoms with Gasteiger partial charge in [0.25, 0.3) is 11.8 Å². The molecule has 254 valence electrons. The van der Waals surface area contributed by atoms with E-state index in [0.717, 1.165) is 27.6 Å². The number of aliphatic hydroxyl groups is 1. The molecule has 49 heavy (non-hydrogen) atoms. The summed E-state index contributed by atoms with van der Waals surface area (Å²) in [5.41, 5.74) is 3.90. The molecule has 0 saturated carbocycles. The number of aliphatic hydroxyl groups excluding tert-OH is 1. The van der Waals surface area contributed by atoms with Gasteiger partial charge < -0.3 is 21.1 Å². The number of sulfonamides is 1. The Balaban J connectivity index is 1.35. The van der Waals surface area contributed by atoms with Crippen LogP contribution >= 0.6 is 0 Å². The number of aromatic nitrogens is 1. The number of fused-ring (bicyclic) bond motifs is 1. The standard InChI is InChI=1S/C38H41N5O5S/c1-3-49(47,48)43-33-21-31(37(45)41-26(2)29-14-8-5-9-15-29)20-32(22-33)38(46)42-35(19-27-12-6-4-7-13-27)36(44)25-39-23-28-18-30-16-10-11-17-34(30)40-24-28/h4-18,20-22,24,26,35-36,39,43-44H,3,19,23,25H2,1-2H3,(H,41,45)(H,42,46)/t26-,35+,36-/m1/s1. The van der Waals surface area contributed by atoms with Crippen LogP contribution in [0, 0.1) is 0 Å². The van der Waals surface area contributed by atoms with Crippen LogP contribution in [0.25, 0.3) is 10.9 Å². The van der Waals surface area contributed by atoms with Crippen LogP contribution in [-0.4, -0.2) is 54.8 Å². The Morgan fingerprint density at radius 2 is 1.43 bits per heavy atom. The number of para-hydroxylation sites is 1. The highest BCUT2D eigenvalue weighted by molar-refractivity contribution is 7.92. The first kappa shape index (κ1) is 35.2. The van der Waals surface area contributed by atoms with Gasteiger partial charge in [0.05, 0.1) is 35.1 Å². The van der Waals surface area contributed by atoms with Gasteiger partial charge in [-0.25, -0.2) is 8.42 Å². The van der Waals surface area contributed by atoms with E-state index in [4.69, 9.17) is 0 Å². The minimum atomic E-state index is -3.71. The van der Waals surface area contributed by atoms with Crippen LogP contribution in [0.1, 0.15) is 57.3 Å². The van der Waals surface area contributed by atoms with E-state index in [0.29, 0.717) is 13.0 Å². The highest BCUT2D eigenvalue weighted by Crippen LogP contribution is 2.20. The first-order valence-electron chi connectivity index (χ1n) is 16.2. The molecule has 0 bridgehead atoms. The van der Waals surface area contributed by atoms with E-state index in [1.807, 2.05) is 97.9 Å². The molecule has 0 aliphatic heterocycles. The van der Waals surface area contributed by atoms with Crippen LogP contribution in [0.3, 0.4) is 0 Å². The Morgan fingerprint density at radius 3 is 2.12 bits per heavy atom. The zero-order chi connectivity index (χ0) is 34.8. The van der Waals surface area contributed by atoms with Crippen molar-refractivity contribution < 1.29 is 23.1 Å². The molecule has 0 aliphatic rings. The third kappa shape index (κ3) is 9.96. The summed E-state index contributed by atoms with van der Waals surface area (Å²) in [6.07, 6.45) is 1.13. The molecule has 4 aromatic carbocycles. The lowest BCUT2D eigenvalue weighted by Gasteiger charge is -2.25. The molecule has 10 nitrogen and oxygen atoms in total. The molecule has 5 aromatic rings. The molecule has 0 fully saturated rings. The van der Waals surface area contributed by atoms with Crippen molar-refractivity contribution in [3.63, 3.8) is 0 Å². The Morgan fingerprint density at radius 1 is 0.796 bits per heavy atom. The third-order valence-corrected chi connectivity index (χ3v) is 9.47. The van der Waals surface area contributed by atoms with Gasteiger partial charge in [-0.05, 0) is 67.3 Å². The molecule has 11 heteroatoms. The van der Waals surface area contributed by atoms with Crippen molar-refractivity contribution in [3.8, 4) is 0 Å². The molecule has 5 N–H and O–H groups in total. The fraction of sp³-hybridized carbons (Fsp3) is 0.237. The number of anilines is 1. The summed E-state index contributed by atoms with van der Waals surface area (Å²) in [6.45, 7) is 3.96. The molecule has 1 aromatic heterocycles. The average Bonchev–Trinajstić information content (AvgIpc) is 3.11. The van der Waals surface area contributed by atoms with Crippen molar-refractivity contribution >= 4 is 38.4 Å². The van der Waals surface area contributed by atoms with Crippen LogP contribution in [0.2, 0.25) is 0 Å². The van der Waals surface area contributed by atoms with Crippen molar-refractivity contribution in [2.24, 2.45) is 0 Å². The topological polar surface area (TPSA) is 150 Å². The fourth-order valence-electron chi connectivity index (χ4n) is 5.43. The van der Waals surface area contributed by atoms with Gasteiger partial charge in [0.15, 0.2) is 0 Å². The Labute approximate surface area is 287 Å². The fourth-order valence-corrected chi connectivity index (χ4v) is 6.05. The Bertz CT molecular complexity index is 1990. The molecule has 3 atom stereocenters. The summed E-state index contributed by atoms with van der Waals surface area (Å²) in [7, 11) is -3.71. The smallest absolute Gasteiger partial charge is 0.251 e. The van der Waals surface area contributed by atoms with E-state index < -0.39 is 34.0 Å². The lowest BCUT2D eigenvalue weighted by atomic mass is 10.00. The largest absolute Gasteiger partial charge is 0.390 e. The highest BCUT2D eigenvalue weighted by atomic mass is 32.2. The van der Waals surface area contributed by atoms with Crippen LogP contribution in [0.5, 0.6) is 0 Å². The van der Waals surface area contributed by atoms with E-state index in [1.165, 1.54) is 25.1 Å². The number of hydrogen-bond acceptors (Lipinski definition) is 7. The summed E-state index contributed by atoms with van der Waals surface area (Å²) in [5.74, 6) is -1.23. The maximum Gasteiger partial charge on any atom is 0.251 e. The normalized spacial score (nSPS) is 13.3. The number of nitrogens with zero attached hydrogens (tertiary/aromatic N) is 1. The van der Waals surface area contributed by atoms with E-state index in [1.54, 1.807) is 6.20 Å². The van der Waals surface area contributed by atoms with Crippen molar-refractivity contribution in [3.05, 3.63) is 143 Å². The maximum atomic E-state index is 13.8. The zero-order valence-electron chi connectivity index (χ0n) is 27.5. The van der Waals surface area contributed by atoms with Crippen LogP contribution in [-0.2, 0) is 23.0 Å². The number of carbonyl (C=O) groups excluding carboxylic acids is 2. The first-order chi connectivity index (χ1) is 23.6. The van der Waals surface area contributed by atoms with Crippen LogP contribution in [0.4, 0.5) is 5.69 Å². The molecule has 5 rings (SSSR count). The summed E-state index contributed by atoms with van der Waals surface area (Å²) in [4.78, 5) is 31.7. The second kappa shape index (κ2) is 16.3. The second-order valence-electron chi connectivity index (χ2n) is 11.9. The summed E-state index contributed by atoms with van der Waals surface area (Å²) in [5, 5.41) is 21.5. The molecule has 2 amide bonds. The number of nitrogens with one attached hydrogen (secondary N) is 4. The molecule has 0 saturated heterocycles. The van der Waals surface area contributed by atoms with Gasteiger partial charge in [0.2, 0.25) is 10.0 Å². The second-order valence-corrected chi connectivity index (χ2v) is 13.9. The van der Waals surface area contributed by atoms with Crippen molar-refractivity contribution in [1.82, 2.24) is 20.9 Å². The average molecular weight is 680 g/mol. The lowest BCUT2D eigenvalue weighted by molar-refractivity contribution is 0.0830. The van der Waals surface area contributed by atoms with Crippen LogP contribution in [0.15, 0.2) is 115 Å². The Kier molecular flexibility index (Phi) is 11.7. The zero-order valence-corrected chi connectivity index (χ0v) is 28.3. The molecule has 0 unspecified atom stereocenters. The minimum absolute atomic E-state index is 0.0641. The molecule has 0 aliphatic carbocycles. The molecule has 0 spiro atoms. The number of carbonyl (C=O) groups is 2. The molecule has 0 radical (unpaired) electrons. The monoisotopic (exact) mass is 679 g/mol.